The third kappa shape index (κ3) is 3.14. The Morgan fingerprint density at radius 3 is 3.00 bits per heavy atom. The summed E-state index contributed by atoms with van der Waals surface area (Å²) >= 11 is 0. The lowest BCUT2D eigenvalue weighted by Gasteiger charge is -2.22. The molecule has 0 bridgehead atoms. The van der Waals surface area contributed by atoms with Gasteiger partial charge in [-0.25, -0.2) is 4.68 Å². The van der Waals surface area contributed by atoms with E-state index in [1.54, 1.807) is 16.6 Å². The van der Waals surface area contributed by atoms with Gasteiger partial charge in [0.15, 0.2) is 11.3 Å². The van der Waals surface area contributed by atoms with E-state index in [0.29, 0.717) is 24.2 Å². The van der Waals surface area contributed by atoms with Crippen molar-refractivity contribution in [3.63, 3.8) is 0 Å². The van der Waals surface area contributed by atoms with Crippen molar-refractivity contribution in [2.24, 2.45) is 5.73 Å². The summed E-state index contributed by atoms with van der Waals surface area (Å²) in [5.74, 6) is 5.21. The molecule has 1 aromatic heterocycles. The van der Waals surface area contributed by atoms with Crippen molar-refractivity contribution in [3.05, 3.63) is 41.2 Å². The van der Waals surface area contributed by atoms with Gasteiger partial charge in [0.05, 0.1) is 17.1 Å². The summed E-state index contributed by atoms with van der Waals surface area (Å²) in [7, 11) is 1.75. The van der Waals surface area contributed by atoms with Crippen LogP contribution in [-0.4, -0.2) is 62.8 Å². The number of benzene rings is 1. The van der Waals surface area contributed by atoms with E-state index < -0.39 is 17.7 Å². The van der Waals surface area contributed by atoms with E-state index in [1.165, 1.54) is 0 Å². The number of aliphatic hydroxyl groups excluding tert-OH is 1. The number of rotatable bonds is 2. The molecule has 8 nitrogen and oxygen atoms in total. The maximum atomic E-state index is 11.8. The number of aromatic nitrogens is 2. The Labute approximate surface area is 162 Å². The fraction of sp³-hybridized carbons (Fsp3) is 0.400. The van der Waals surface area contributed by atoms with Crippen LogP contribution in [0.15, 0.2) is 24.3 Å². The Balaban J connectivity index is 1.70. The van der Waals surface area contributed by atoms with Crippen LogP contribution < -0.4 is 11.1 Å². The number of likely N-dealkylation sites (tertiary alicyclic amines) is 1. The number of carbonyl (C=O) groups is 1. The van der Waals surface area contributed by atoms with Gasteiger partial charge in [0.1, 0.15) is 6.23 Å². The molecule has 0 aliphatic carbocycles. The number of hydrogen-bond donors (Lipinski definition) is 4. The first-order valence-electron chi connectivity index (χ1n) is 9.29. The zero-order chi connectivity index (χ0) is 19.9. The van der Waals surface area contributed by atoms with Crippen LogP contribution in [0.25, 0.3) is 5.69 Å². The first kappa shape index (κ1) is 18.5. The Bertz CT molecular complexity index is 989. The lowest BCUT2D eigenvalue weighted by atomic mass is 10.0. The molecular weight excluding hydrogens is 358 g/mol. The molecule has 2 unspecified atom stereocenters. The number of hydrogen-bond acceptors (Lipinski definition) is 6. The largest absolute Gasteiger partial charge is 0.382 e. The Kier molecular flexibility index (Phi) is 4.59. The van der Waals surface area contributed by atoms with E-state index in [4.69, 9.17) is 5.73 Å². The zero-order valence-corrected chi connectivity index (χ0v) is 15.6. The quantitative estimate of drug-likeness (QED) is 0.547. The van der Waals surface area contributed by atoms with Crippen LogP contribution in [0.4, 0.5) is 5.69 Å². The fourth-order valence-corrected chi connectivity index (χ4v) is 3.71. The second-order valence-electron chi connectivity index (χ2n) is 7.31. The third-order valence-electron chi connectivity index (χ3n) is 5.31. The summed E-state index contributed by atoms with van der Waals surface area (Å²) in [6.45, 7) is 1.36. The number of anilines is 1. The second-order valence-corrected chi connectivity index (χ2v) is 7.31. The number of amides is 1. The normalized spacial score (nSPS) is 24.2. The van der Waals surface area contributed by atoms with Gasteiger partial charge in [0.25, 0.3) is 5.91 Å². The van der Waals surface area contributed by atoms with Gasteiger partial charge in [-0.2, -0.15) is 5.10 Å². The fourth-order valence-electron chi connectivity index (χ4n) is 3.71. The second kappa shape index (κ2) is 6.95. The number of nitrogens with zero attached hydrogens (tertiary/aromatic N) is 3. The molecule has 4 rings (SSSR count). The van der Waals surface area contributed by atoms with Crippen LogP contribution in [0.1, 0.15) is 34.6 Å². The van der Waals surface area contributed by atoms with Crippen LogP contribution in [0, 0.1) is 11.8 Å². The highest BCUT2D eigenvalue weighted by Crippen LogP contribution is 2.29. The van der Waals surface area contributed by atoms with Gasteiger partial charge in [0, 0.05) is 25.1 Å². The molecule has 0 radical (unpaired) electrons. The topological polar surface area (TPSA) is 117 Å². The molecular formula is C20H23N5O3. The summed E-state index contributed by atoms with van der Waals surface area (Å²) < 4.78 is 1.72. The Morgan fingerprint density at radius 1 is 1.46 bits per heavy atom. The molecule has 2 aliphatic heterocycles. The predicted octanol–water partition coefficient (Wildman–Crippen LogP) is 0.0658. The smallest absolute Gasteiger partial charge is 0.271 e. The molecule has 2 aliphatic rings. The monoisotopic (exact) mass is 381 g/mol. The summed E-state index contributed by atoms with van der Waals surface area (Å²) in [5, 5.41) is 28.3. The lowest BCUT2D eigenvalue weighted by Crippen LogP contribution is -2.42. The first-order valence-corrected chi connectivity index (χ1v) is 9.29. The lowest BCUT2D eigenvalue weighted by molar-refractivity contribution is -0.0633. The maximum absolute atomic E-state index is 11.8. The minimum absolute atomic E-state index is 0.234. The third-order valence-corrected chi connectivity index (χ3v) is 5.31. The molecule has 146 valence electrons. The minimum Gasteiger partial charge on any atom is -0.382 e. The van der Waals surface area contributed by atoms with E-state index in [-0.39, 0.29) is 5.69 Å². The van der Waals surface area contributed by atoms with Crippen LogP contribution in [0.2, 0.25) is 0 Å². The number of nitrogens with two attached hydrogens (primary N) is 1. The molecule has 1 saturated heterocycles. The number of primary amides is 1. The first-order chi connectivity index (χ1) is 13.4. The molecule has 28 heavy (non-hydrogen) atoms. The van der Waals surface area contributed by atoms with Crippen LogP contribution in [0.5, 0.6) is 0 Å². The molecule has 1 aromatic carbocycles. The molecule has 1 fully saturated rings. The molecule has 5 N–H and O–H groups in total. The number of nitrogens with one attached hydrogen (secondary N) is 1. The summed E-state index contributed by atoms with van der Waals surface area (Å²) in [6, 6.07) is 7.39. The van der Waals surface area contributed by atoms with Crippen molar-refractivity contribution in [3.8, 4) is 17.5 Å². The van der Waals surface area contributed by atoms with E-state index in [9.17, 15) is 15.0 Å². The molecule has 2 atom stereocenters. The highest BCUT2D eigenvalue weighted by Gasteiger charge is 2.42. The average Bonchev–Trinajstić information content (AvgIpc) is 3.21. The van der Waals surface area contributed by atoms with E-state index >= 15 is 0 Å². The van der Waals surface area contributed by atoms with Crippen molar-refractivity contribution in [2.45, 2.75) is 31.1 Å². The maximum Gasteiger partial charge on any atom is 0.271 e. The standard InChI is InChI=1S/C20H23N5O3/c1-24-11-9-20(28,19(24)27)8-7-13-4-2-5-14(12-13)25-15-6-3-10-22-16(15)17(23-25)18(21)26/h2,4-5,12,19,22,27-28H,3,6,9-11H2,1H3,(H2,21,26). The van der Waals surface area contributed by atoms with Gasteiger partial charge < -0.3 is 21.3 Å². The summed E-state index contributed by atoms with van der Waals surface area (Å²) in [5.41, 5.74) is 7.32. The zero-order valence-electron chi connectivity index (χ0n) is 15.6. The van der Waals surface area contributed by atoms with Gasteiger partial charge in [0.2, 0.25) is 0 Å². The summed E-state index contributed by atoms with van der Waals surface area (Å²) in [6.07, 6.45) is 1.11. The number of likely N-dealkylation sites (N-methyl/N-ethyl adjacent to an activating group) is 1. The van der Waals surface area contributed by atoms with E-state index in [2.05, 4.69) is 22.3 Å². The number of fused-ring (bicyclic) bond motifs is 1. The molecule has 2 aromatic rings. The van der Waals surface area contributed by atoms with Crippen LogP contribution in [-0.2, 0) is 6.42 Å². The highest BCUT2D eigenvalue weighted by atomic mass is 16.4. The van der Waals surface area contributed by atoms with Gasteiger partial charge in [-0.1, -0.05) is 17.9 Å². The van der Waals surface area contributed by atoms with Crippen molar-refractivity contribution < 1.29 is 15.0 Å². The van der Waals surface area contributed by atoms with Gasteiger partial charge in [-0.3, -0.25) is 9.69 Å². The van der Waals surface area contributed by atoms with Crippen molar-refractivity contribution in [1.29, 1.82) is 0 Å². The van der Waals surface area contributed by atoms with Crippen LogP contribution >= 0.6 is 0 Å². The van der Waals surface area contributed by atoms with Crippen LogP contribution in [0.3, 0.4) is 0 Å². The van der Waals surface area contributed by atoms with E-state index in [0.717, 1.165) is 30.8 Å². The highest BCUT2D eigenvalue weighted by molar-refractivity contribution is 5.97. The Morgan fingerprint density at radius 2 is 2.29 bits per heavy atom. The molecule has 0 spiro atoms. The molecule has 1 amide bonds. The van der Waals surface area contributed by atoms with Gasteiger partial charge in [-0.15, -0.1) is 0 Å². The van der Waals surface area contributed by atoms with Gasteiger partial charge >= 0.3 is 0 Å². The van der Waals surface area contributed by atoms with Gasteiger partial charge in [-0.05, 0) is 38.1 Å². The average molecular weight is 381 g/mol. The number of carbonyl (C=O) groups excluding carboxylic acids is 1. The predicted molar refractivity (Wildman–Crippen MR) is 104 cm³/mol. The number of aliphatic hydroxyl groups is 2. The Hall–Kier alpha value is -2.86. The van der Waals surface area contributed by atoms with Crippen molar-refractivity contribution >= 4 is 11.6 Å². The van der Waals surface area contributed by atoms with Crippen molar-refractivity contribution in [1.82, 2.24) is 14.7 Å². The SMILES string of the molecule is CN1CCC(O)(C#Cc2cccc(-n3nc(C(N)=O)c4c3CCCN4)c2)C1O. The summed E-state index contributed by atoms with van der Waals surface area (Å²) in [4.78, 5) is 13.4. The molecule has 0 saturated carbocycles. The minimum atomic E-state index is -1.45. The van der Waals surface area contributed by atoms with E-state index in [1.807, 2.05) is 24.3 Å². The molecule has 3 heterocycles. The molecule has 8 heteroatoms. The van der Waals surface area contributed by atoms with Crippen molar-refractivity contribution in [2.75, 3.05) is 25.5 Å².